The van der Waals surface area contributed by atoms with Crippen LogP contribution < -0.4 is 0 Å². The van der Waals surface area contributed by atoms with Crippen LogP contribution in [0.5, 0.6) is 0 Å². The van der Waals surface area contributed by atoms with E-state index in [1.807, 2.05) is 0 Å². The zero-order chi connectivity index (χ0) is 14.8. The summed E-state index contributed by atoms with van der Waals surface area (Å²) >= 11 is 0. The highest BCUT2D eigenvalue weighted by Crippen LogP contribution is 2.27. The van der Waals surface area contributed by atoms with Crippen molar-refractivity contribution in [1.82, 2.24) is 4.90 Å². The van der Waals surface area contributed by atoms with Gasteiger partial charge in [0.25, 0.3) is 0 Å². The molecule has 1 fully saturated rings. The van der Waals surface area contributed by atoms with Gasteiger partial charge in [-0.25, -0.2) is 0 Å². The SMILES string of the molecule is CC1CCC(N(C)Cc2ccc(C(C)(C)C)cc2)CC1. The van der Waals surface area contributed by atoms with E-state index in [9.17, 15) is 0 Å². The average molecular weight is 273 g/mol. The van der Waals surface area contributed by atoms with Crippen LogP contribution in [0.4, 0.5) is 0 Å². The van der Waals surface area contributed by atoms with Crippen molar-refractivity contribution in [3.8, 4) is 0 Å². The molecule has 0 spiro atoms. The molecule has 2 rings (SSSR count). The third-order valence-electron chi connectivity index (χ3n) is 4.86. The molecule has 1 aliphatic carbocycles. The van der Waals surface area contributed by atoms with Crippen molar-refractivity contribution in [2.24, 2.45) is 5.92 Å². The van der Waals surface area contributed by atoms with E-state index in [1.165, 1.54) is 36.8 Å². The maximum absolute atomic E-state index is 2.55. The van der Waals surface area contributed by atoms with Crippen molar-refractivity contribution in [3.05, 3.63) is 35.4 Å². The van der Waals surface area contributed by atoms with Gasteiger partial charge in [-0.2, -0.15) is 0 Å². The number of hydrogen-bond donors (Lipinski definition) is 0. The van der Waals surface area contributed by atoms with Gasteiger partial charge in [0.1, 0.15) is 0 Å². The van der Waals surface area contributed by atoms with Gasteiger partial charge in [0.2, 0.25) is 0 Å². The van der Waals surface area contributed by atoms with Gasteiger partial charge in [-0.05, 0) is 55.2 Å². The summed E-state index contributed by atoms with van der Waals surface area (Å²) in [7, 11) is 2.29. The van der Waals surface area contributed by atoms with E-state index in [0.29, 0.717) is 0 Å². The van der Waals surface area contributed by atoms with E-state index in [0.717, 1.165) is 18.5 Å². The highest BCUT2D eigenvalue weighted by molar-refractivity contribution is 5.27. The third kappa shape index (κ3) is 4.09. The molecule has 1 saturated carbocycles. The van der Waals surface area contributed by atoms with Gasteiger partial charge in [0.05, 0.1) is 0 Å². The lowest BCUT2D eigenvalue weighted by Gasteiger charge is -2.33. The first-order valence-electron chi connectivity index (χ1n) is 8.16. The van der Waals surface area contributed by atoms with E-state index in [1.54, 1.807) is 0 Å². The Hall–Kier alpha value is -0.820. The fraction of sp³-hybridized carbons (Fsp3) is 0.684. The molecule has 0 bridgehead atoms. The Morgan fingerprint density at radius 3 is 2.05 bits per heavy atom. The number of nitrogens with zero attached hydrogens (tertiary/aromatic N) is 1. The van der Waals surface area contributed by atoms with Crippen LogP contribution in [0.15, 0.2) is 24.3 Å². The van der Waals surface area contributed by atoms with Gasteiger partial charge in [-0.15, -0.1) is 0 Å². The maximum atomic E-state index is 2.55. The summed E-state index contributed by atoms with van der Waals surface area (Å²) < 4.78 is 0. The maximum Gasteiger partial charge on any atom is 0.0233 e. The second-order valence-corrected chi connectivity index (χ2v) is 7.78. The van der Waals surface area contributed by atoms with Crippen LogP contribution >= 0.6 is 0 Å². The van der Waals surface area contributed by atoms with E-state index < -0.39 is 0 Å². The average Bonchev–Trinajstić information content (AvgIpc) is 2.39. The van der Waals surface area contributed by atoms with Crippen LogP contribution in [0.1, 0.15) is 64.5 Å². The molecule has 20 heavy (non-hydrogen) atoms. The smallest absolute Gasteiger partial charge is 0.0233 e. The molecule has 1 aliphatic rings. The fourth-order valence-corrected chi connectivity index (χ4v) is 3.21. The first kappa shape index (κ1) is 15.6. The van der Waals surface area contributed by atoms with Crippen molar-refractivity contribution in [3.63, 3.8) is 0 Å². The summed E-state index contributed by atoms with van der Waals surface area (Å²) in [6.45, 7) is 10.3. The molecule has 112 valence electrons. The topological polar surface area (TPSA) is 3.24 Å². The molecule has 0 N–H and O–H groups in total. The Kier molecular flexibility index (Phi) is 4.90. The van der Waals surface area contributed by atoms with Gasteiger partial charge in [-0.3, -0.25) is 4.90 Å². The van der Waals surface area contributed by atoms with Crippen LogP contribution in [0.25, 0.3) is 0 Å². The third-order valence-corrected chi connectivity index (χ3v) is 4.86. The van der Waals surface area contributed by atoms with Crippen molar-refractivity contribution < 1.29 is 0 Å². The predicted octanol–water partition coefficient (Wildman–Crippen LogP) is 4.99. The highest BCUT2D eigenvalue weighted by Gasteiger charge is 2.21. The first-order chi connectivity index (χ1) is 9.36. The van der Waals surface area contributed by atoms with Crippen molar-refractivity contribution >= 4 is 0 Å². The molecule has 0 unspecified atom stereocenters. The zero-order valence-corrected chi connectivity index (χ0v) is 13.9. The van der Waals surface area contributed by atoms with Crippen LogP contribution in [-0.4, -0.2) is 18.0 Å². The molecule has 0 radical (unpaired) electrons. The number of hydrogen-bond acceptors (Lipinski definition) is 1. The standard InChI is InChI=1S/C19H31N/c1-15-6-12-18(13-7-15)20(5)14-16-8-10-17(11-9-16)19(2,3)4/h8-11,15,18H,6-7,12-14H2,1-5H3. The summed E-state index contributed by atoms with van der Waals surface area (Å²) in [5.41, 5.74) is 3.12. The number of benzene rings is 1. The molecular weight excluding hydrogens is 242 g/mol. The minimum atomic E-state index is 0.254. The van der Waals surface area contributed by atoms with E-state index in [-0.39, 0.29) is 5.41 Å². The second kappa shape index (κ2) is 6.30. The highest BCUT2D eigenvalue weighted by atomic mass is 15.1. The Balaban J connectivity index is 1.93. The molecule has 0 atom stereocenters. The molecule has 1 aromatic carbocycles. The van der Waals surface area contributed by atoms with Crippen molar-refractivity contribution in [2.45, 2.75) is 71.4 Å². The number of rotatable bonds is 3. The molecule has 0 saturated heterocycles. The zero-order valence-electron chi connectivity index (χ0n) is 13.9. The second-order valence-electron chi connectivity index (χ2n) is 7.78. The lowest BCUT2D eigenvalue weighted by atomic mass is 9.86. The van der Waals surface area contributed by atoms with Crippen LogP contribution in [0, 0.1) is 5.92 Å². The van der Waals surface area contributed by atoms with Gasteiger partial charge in [-0.1, -0.05) is 52.0 Å². The Labute approximate surface area is 125 Å². The first-order valence-corrected chi connectivity index (χ1v) is 8.16. The van der Waals surface area contributed by atoms with Crippen LogP contribution in [0.3, 0.4) is 0 Å². The van der Waals surface area contributed by atoms with Crippen LogP contribution in [0.2, 0.25) is 0 Å². The summed E-state index contributed by atoms with van der Waals surface area (Å²) in [6, 6.07) is 10.00. The van der Waals surface area contributed by atoms with Crippen LogP contribution in [-0.2, 0) is 12.0 Å². The quantitative estimate of drug-likeness (QED) is 0.749. The van der Waals surface area contributed by atoms with Gasteiger partial charge >= 0.3 is 0 Å². The lowest BCUT2D eigenvalue weighted by molar-refractivity contribution is 0.164. The Bertz CT molecular complexity index is 404. The van der Waals surface area contributed by atoms with Gasteiger partial charge < -0.3 is 0 Å². The molecule has 1 nitrogen and oxygen atoms in total. The summed E-state index contributed by atoms with van der Waals surface area (Å²) in [6.07, 6.45) is 5.55. The van der Waals surface area contributed by atoms with Crippen molar-refractivity contribution in [2.75, 3.05) is 7.05 Å². The summed E-state index contributed by atoms with van der Waals surface area (Å²) in [5.74, 6) is 0.936. The molecular formula is C19H31N. The molecule has 1 aromatic rings. The summed E-state index contributed by atoms with van der Waals surface area (Å²) in [4.78, 5) is 2.55. The van der Waals surface area contributed by atoms with E-state index in [4.69, 9.17) is 0 Å². The lowest BCUT2D eigenvalue weighted by Crippen LogP contribution is -2.34. The Morgan fingerprint density at radius 2 is 1.55 bits per heavy atom. The molecule has 0 heterocycles. The van der Waals surface area contributed by atoms with Gasteiger partial charge in [0, 0.05) is 12.6 Å². The monoisotopic (exact) mass is 273 g/mol. The largest absolute Gasteiger partial charge is 0.299 e. The van der Waals surface area contributed by atoms with E-state index >= 15 is 0 Å². The Morgan fingerprint density at radius 1 is 1.00 bits per heavy atom. The molecule has 0 aliphatic heterocycles. The van der Waals surface area contributed by atoms with Gasteiger partial charge in [0.15, 0.2) is 0 Å². The normalized spacial score (nSPS) is 24.1. The fourth-order valence-electron chi connectivity index (χ4n) is 3.21. The van der Waals surface area contributed by atoms with Crippen molar-refractivity contribution in [1.29, 1.82) is 0 Å². The molecule has 0 aromatic heterocycles. The molecule has 0 amide bonds. The van der Waals surface area contributed by atoms with E-state index in [2.05, 4.69) is 63.9 Å². The summed E-state index contributed by atoms with van der Waals surface area (Å²) in [5, 5.41) is 0. The predicted molar refractivity (Wildman–Crippen MR) is 88.0 cm³/mol. The molecule has 1 heteroatoms. The minimum absolute atomic E-state index is 0.254. The minimum Gasteiger partial charge on any atom is -0.299 e.